The predicted molar refractivity (Wildman–Crippen MR) is 64.0 cm³/mol. The number of aryl methyl sites for hydroxylation is 1. The van der Waals surface area contributed by atoms with Crippen molar-refractivity contribution in [2.45, 2.75) is 26.3 Å². The third kappa shape index (κ3) is 3.58. The van der Waals surface area contributed by atoms with E-state index in [2.05, 4.69) is 12.2 Å². The summed E-state index contributed by atoms with van der Waals surface area (Å²) in [6.45, 7) is 5.24. The molecule has 0 aromatic heterocycles. The molecule has 0 heterocycles. The Morgan fingerprint density at radius 3 is 2.81 bits per heavy atom. The molecule has 0 saturated carbocycles. The molecule has 0 fully saturated rings. The third-order valence-corrected chi connectivity index (χ3v) is 2.51. The second kappa shape index (κ2) is 6.61. The Morgan fingerprint density at radius 2 is 2.19 bits per heavy atom. The van der Waals surface area contributed by atoms with Crippen molar-refractivity contribution in [3.05, 3.63) is 35.1 Å². The first-order valence-electron chi connectivity index (χ1n) is 5.70. The van der Waals surface area contributed by atoms with Crippen LogP contribution in [-0.2, 0) is 4.74 Å². The van der Waals surface area contributed by atoms with Gasteiger partial charge in [0.2, 0.25) is 0 Å². The number of benzene rings is 1. The lowest BCUT2D eigenvalue weighted by Crippen LogP contribution is -2.23. The van der Waals surface area contributed by atoms with Crippen molar-refractivity contribution in [2.24, 2.45) is 0 Å². The van der Waals surface area contributed by atoms with Crippen LogP contribution in [0.2, 0.25) is 0 Å². The zero-order valence-corrected chi connectivity index (χ0v) is 10.2. The Balaban J connectivity index is 2.73. The van der Waals surface area contributed by atoms with E-state index in [1.165, 1.54) is 6.07 Å². The third-order valence-electron chi connectivity index (χ3n) is 2.51. The summed E-state index contributed by atoms with van der Waals surface area (Å²) in [5, 5.41) is 3.08. The summed E-state index contributed by atoms with van der Waals surface area (Å²) >= 11 is 0. The van der Waals surface area contributed by atoms with Gasteiger partial charge in [-0.05, 0) is 26.5 Å². The van der Waals surface area contributed by atoms with E-state index < -0.39 is 0 Å². The Morgan fingerprint density at radius 1 is 1.44 bits per heavy atom. The van der Waals surface area contributed by atoms with Gasteiger partial charge in [-0.2, -0.15) is 0 Å². The molecule has 1 unspecified atom stereocenters. The predicted octanol–water partition coefficient (Wildman–Crippen LogP) is 2.82. The molecular weight excluding hydrogens is 205 g/mol. The van der Waals surface area contributed by atoms with Crippen molar-refractivity contribution in [1.29, 1.82) is 0 Å². The first-order valence-corrected chi connectivity index (χ1v) is 5.70. The SMILES string of the molecule is CCCOCC(NC)c1cc(C)ccc1F. The minimum atomic E-state index is -0.176. The van der Waals surface area contributed by atoms with Gasteiger partial charge >= 0.3 is 0 Å². The van der Waals surface area contributed by atoms with Gasteiger partial charge in [-0.1, -0.05) is 24.6 Å². The van der Waals surface area contributed by atoms with Gasteiger partial charge in [0.25, 0.3) is 0 Å². The van der Waals surface area contributed by atoms with Gasteiger partial charge in [0.15, 0.2) is 0 Å². The van der Waals surface area contributed by atoms with Gasteiger partial charge in [-0.3, -0.25) is 0 Å². The molecule has 1 N–H and O–H groups in total. The van der Waals surface area contributed by atoms with Crippen molar-refractivity contribution in [3.8, 4) is 0 Å². The summed E-state index contributed by atoms with van der Waals surface area (Å²) in [6.07, 6.45) is 0.979. The smallest absolute Gasteiger partial charge is 0.128 e. The van der Waals surface area contributed by atoms with E-state index in [1.807, 2.05) is 20.0 Å². The summed E-state index contributed by atoms with van der Waals surface area (Å²) in [7, 11) is 1.82. The van der Waals surface area contributed by atoms with Crippen LogP contribution in [0.1, 0.15) is 30.5 Å². The van der Waals surface area contributed by atoms with Gasteiger partial charge in [0.05, 0.1) is 12.6 Å². The highest BCUT2D eigenvalue weighted by Crippen LogP contribution is 2.18. The van der Waals surface area contributed by atoms with Crippen LogP contribution in [-0.4, -0.2) is 20.3 Å². The Bertz CT molecular complexity index is 328. The molecule has 1 aromatic carbocycles. The monoisotopic (exact) mass is 225 g/mol. The van der Waals surface area contributed by atoms with E-state index in [9.17, 15) is 4.39 Å². The maximum Gasteiger partial charge on any atom is 0.128 e. The molecule has 0 aliphatic carbocycles. The number of halogens is 1. The molecule has 90 valence electrons. The summed E-state index contributed by atoms with van der Waals surface area (Å²) < 4.78 is 19.1. The van der Waals surface area contributed by atoms with E-state index >= 15 is 0 Å². The molecule has 0 aliphatic heterocycles. The van der Waals surface area contributed by atoms with E-state index in [-0.39, 0.29) is 11.9 Å². The topological polar surface area (TPSA) is 21.3 Å². The molecule has 2 nitrogen and oxygen atoms in total. The van der Waals surface area contributed by atoms with Gasteiger partial charge in [0, 0.05) is 12.2 Å². The van der Waals surface area contributed by atoms with Gasteiger partial charge in [-0.25, -0.2) is 4.39 Å². The highest BCUT2D eigenvalue weighted by atomic mass is 19.1. The second-order valence-electron chi connectivity index (χ2n) is 3.94. The molecule has 16 heavy (non-hydrogen) atoms. The van der Waals surface area contributed by atoms with Gasteiger partial charge in [0.1, 0.15) is 5.82 Å². The molecule has 3 heteroatoms. The highest BCUT2D eigenvalue weighted by Gasteiger charge is 2.13. The number of rotatable bonds is 6. The lowest BCUT2D eigenvalue weighted by molar-refractivity contribution is 0.113. The molecule has 0 bridgehead atoms. The van der Waals surface area contributed by atoms with Crippen LogP contribution < -0.4 is 5.32 Å². The summed E-state index contributed by atoms with van der Waals surface area (Å²) in [5.41, 5.74) is 1.74. The van der Waals surface area contributed by atoms with Crippen LogP contribution in [0.4, 0.5) is 4.39 Å². The maximum absolute atomic E-state index is 13.6. The average Bonchev–Trinajstić information content (AvgIpc) is 2.28. The highest BCUT2D eigenvalue weighted by molar-refractivity contribution is 5.26. The van der Waals surface area contributed by atoms with Crippen LogP contribution in [0.5, 0.6) is 0 Å². The van der Waals surface area contributed by atoms with Crippen molar-refractivity contribution < 1.29 is 9.13 Å². The maximum atomic E-state index is 13.6. The fourth-order valence-corrected chi connectivity index (χ4v) is 1.60. The van der Waals surface area contributed by atoms with Crippen molar-refractivity contribution in [3.63, 3.8) is 0 Å². The second-order valence-corrected chi connectivity index (χ2v) is 3.94. The summed E-state index contributed by atoms with van der Waals surface area (Å²) in [6, 6.07) is 5.07. The van der Waals surface area contributed by atoms with Gasteiger partial charge < -0.3 is 10.1 Å². The number of hydrogen-bond acceptors (Lipinski definition) is 2. The number of nitrogens with one attached hydrogen (secondary N) is 1. The van der Waals surface area contributed by atoms with E-state index in [4.69, 9.17) is 4.74 Å². The minimum Gasteiger partial charge on any atom is -0.379 e. The van der Waals surface area contributed by atoms with Gasteiger partial charge in [-0.15, -0.1) is 0 Å². The number of likely N-dealkylation sites (N-methyl/N-ethyl adjacent to an activating group) is 1. The average molecular weight is 225 g/mol. The van der Waals surface area contributed by atoms with Crippen LogP contribution in [0.25, 0.3) is 0 Å². The lowest BCUT2D eigenvalue weighted by Gasteiger charge is -2.17. The Hall–Kier alpha value is -0.930. The molecule has 1 atom stereocenters. The van der Waals surface area contributed by atoms with Crippen LogP contribution in [0.15, 0.2) is 18.2 Å². The Kier molecular flexibility index (Phi) is 5.43. The molecule has 1 aromatic rings. The number of hydrogen-bond donors (Lipinski definition) is 1. The fourth-order valence-electron chi connectivity index (χ4n) is 1.60. The van der Waals surface area contributed by atoms with Crippen LogP contribution in [0.3, 0.4) is 0 Å². The Labute approximate surface area is 96.8 Å². The zero-order chi connectivity index (χ0) is 12.0. The summed E-state index contributed by atoms with van der Waals surface area (Å²) in [4.78, 5) is 0. The molecule has 0 aliphatic rings. The molecule has 0 radical (unpaired) electrons. The summed E-state index contributed by atoms with van der Waals surface area (Å²) in [5.74, 6) is -0.176. The standard InChI is InChI=1S/C13H20FNO/c1-4-7-16-9-13(15-3)11-8-10(2)5-6-12(11)14/h5-6,8,13,15H,4,7,9H2,1-3H3. The largest absolute Gasteiger partial charge is 0.379 e. The quantitative estimate of drug-likeness (QED) is 0.752. The number of ether oxygens (including phenoxy) is 1. The molecule has 0 amide bonds. The van der Waals surface area contributed by atoms with E-state index in [0.29, 0.717) is 18.8 Å². The fraction of sp³-hybridized carbons (Fsp3) is 0.538. The van der Waals surface area contributed by atoms with Crippen molar-refractivity contribution >= 4 is 0 Å². The minimum absolute atomic E-state index is 0.0774. The van der Waals surface area contributed by atoms with Crippen molar-refractivity contribution in [2.75, 3.05) is 20.3 Å². The van der Waals surface area contributed by atoms with Crippen LogP contribution >= 0.6 is 0 Å². The first kappa shape index (κ1) is 13.1. The lowest BCUT2D eigenvalue weighted by atomic mass is 10.0. The van der Waals surface area contributed by atoms with E-state index in [1.54, 1.807) is 6.07 Å². The normalized spacial score (nSPS) is 12.8. The first-order chi connectivity index (χ1) is 7.69. The van der Waals surface area contributed by atoms with Crippen molar-refractivity contribution in [1.82, 2.24) is 5.32 Å². The molecule has 0 spiro atoms. The van der Waals surface area contributed by atoms with E-state index in [0.717, 1.165) is 12.0 Å². The molecule has 1 rings (SSSR count). The van der Waals surface area contributed by atoms with Crippen LogP contribution in [0, 0.1) is 12.7 Å². The zero-order valence-electron chi connectivity index (χ0n) is 10.2. The molecular formula is C13H20FNO. The molecule has 0 saturated heterocycles.